The first-order valence-corrected chi connectivity index (χ1v) is 14.0. The number of rotatable bonds is 10. The average molecular weight is 542 g/mol. The van der Waals surface area contributed by atoms with Crippen LogP contribution >= 0.6 is 0 Å². The second kappa shape index (κ2) is 12.4. The molecule has 0 saturated heterocycles. The summed E-state index contributed by atoms with van der Waals surface area (Å²) in [4.78, 5) is 13.5. The molecule has 200 valence electrons. The molecule has 4 aromatic carbocycles. The number of ether oxygens (including phenoxy) is 1. The van der Waals surface area contributed by atoms with E-state index in [2.05, 4.69) is 10.5 Å². The number of hydrogen-bond donors (Lipinski definition) is 1. The molecular weight excluding hydrogens is 510 g/mol. The summed E-state index contributed by atoms with van der Waals surface area (Å²) in [5.41, 5.74) is 6.18. The van der Waals surface area contributed by atoms with Gasteiger partial charge in [0.25, 0.3) is 15.9 Å². The maximum Gasteiger partial charge on any atom is 0.273 e. The van der Waals surface area contributed by atoms with Gasteiger partial charge in [0.05, 0.1) is 35.0 Å². The third kappa shape index (κ3) is 6.72. The third-order valence-electron chi connectivity index (χ3n) is 6.10. The van der Waals surface area contributed by atoms with Crippen LogP contribution in [0.25, 0.3) is 0 Å². The van der Waals surface area contributed by atoms with Crippen molar-refractivity contribution < 1.29 is 17.9 Å². The minimum atomic E-state index is -4.00. The molecular formula is C31H31N3O4S. The number of hydrazone groups is 1. The highest BCUT2D eigenvalue weighted by atomic mass is 32.2. The highest BCUT2D eigenvalue weighted by Crippen LogP contribution is 2.29. The SMILES string of the molecule is CCOc1ccc(/C(C)=N\NC(=O)c2ccccc2N(Cc2ccccc2)S(=O)(=O)c2ccc(C)cc2)cc1. The van der Waals surface area contributed by atoms with E-state index in [9.17, 15) is 13.2 Å². The van der Waals surface area contributed by atoms with Gasteiger partial charge in [-0.2, -0.15) is 5.10 Å². The maximum atomic E-state index is 13.9. The first-order valence-electron chi connectivity index (χ1n) is 12.6. The van der Waals surface area contributed by atoms with E-state index in [1.165, 1.54) is 4.31 Å². The van der Waals surface area contributed by atoms with Gasteiger partial charge >= 0.3 is 0 Å². The second-order valence-corrected chi connectivity index (χ2v) is 10.8. The Morgan fingerprint density at radius 1 is 0.872 bits per heavy atom. The van der Waals surface area contributed by atoms with Crippen LogP contribution in [0, 0.1) is 6.92 Å². The summed E-state index contributed by atoms with van der Waals surface area (Å²) in [6, 6.07) is 30.0. The quantitative estimate of drug-likeness (QED) is 0.199. The Bertz CT molecular complexity index is 1550. The number of amides is 1. The van der Waals surface area contributed by atoms with Crippen LogP contribution in [0.1, 0.15) is 40.9 Å². The van der Waals surface area contributed by atoms with Gasteiger partial charge in [-0.15, -0.1) is 0 Å². The summed E-state index contributed by atoms with van der Waals surface area (Å²) < 4.78 is 34.6. The Kier molecular flexibility index (Phi) is 8.78. The zero-order valence-corrected chi connectivity index (χ0v) is 23.0. The molecule has 0 saturated carbocycles. The first-order chi connectivity index (χ1) is 18.8. The second-order valence-electron chi connectivity index (χ2n) is 8.92. The lowest BCUT2D eigenvalue weighted by atomic mass is 10.1. The monoisotopic (exact) mass is 541 g/mol. The smallest absolute Gasteiger partial charge is 0.273 e. The van der Waals surface area contributed by atoms with E-state index in [1.54, 1.807) is 55.5 Å². The summed E-state index contributed by atoms with van der Waals surface area (Å²) >= 11 is 0. The number of anilines is 1. The summed E-state index contributed by atoms with van der Waals surface area (Å²) in [6.07, 6.45) is 0. The van der Waals surface area contributed by atoms with Gasteiger partial charge in [0.1, 0.15) is 5.75 Å². The lowest BCUT2D eigenvalue weighted by molar-refractivity contribution is 0.0955. The molecule has 0 atom stereocenters. The number of hydrogen-bond acceptors (Lipinski definition) is 5. The number of aryl methyl sites for hydroxylation is 1. The van der Waals surface area contributed by atoms with Crippen LogP contribution in [0.2, 0.25) is 0 Å². The highest BCUT2D eigenvalue weighted by molar-refractivity contribution is 7.92. The molecule has 8 heteroatoms. The molecule has 4 aromatic rings. The molecule has 0 radical (unpaired) electrons. The number of carbonyl (C=O) groups excluding carboxylic acids is 1. The number of carbonyl (C=O) groups is 1. The van der Waals surface area contributed by atoms with Gasteiger partial charge in [0, 0.05) is 0 Å². The Morgan fingerprint density at radius 3 is 2.18 bits per heavy atom. The Morgan fingerprint density at radius 2 is 1.51 bits per heavy atom. The summed E-state index contributed by atoms with van der Waals surface area (Å²) in [6.45, 7) is 6.22. The van der Waals surface area contributed by atoms with Crippen molar-refractivity contribution in [3.05, 3.63) is 125 Å². The van der Waals surface area contributed by atoms with Crippen LogP contribution in [0.4, 0.5) is 5.69 Å². The summed E-state index contributed by atoms with van der Waals surface area (Å²) in [7, 11) is -4.00. The largest absolute Gasteiger partial charge is 0.494 e. The average Bonchev–Trinajstić information content (AvgIpc) is 2.96. The van der Waals surface area contributed by atoms with Gasteiger partial charge < -0.3 is 4.74 Å². The van der Waals surface area contributed by atoms with Crippen molar-refractivity contribution in [2.24, 2.45) is 5.10 Å². The van der Waals surface area contributed by atoms with Crippen LogP contribution < -0.4 is 14.5 Å². The molecule has 0 fully saturated rings. The fourth-order valence-corrected chi connectivity index (χ4v) is 5.46. The van der Waals surface area contributed by atoms with Crippen LogP contribution in [0.5, 0.6) is 5.75 Å². The lowest BCUT2D eigenvalue weighted by Gasteiger charge is -2.26. The van der Waals surface area contributed by atoms with Gasteiger partial charge in [0.15, 0.2) is 0 Å². The van der Waals surface area contributed by atoms with Gasteiger partial charge in [-0.25, -0.2) is 13.8 Å². The van der Waals surface area contributed by atoms with Crippen molar-refractivity contribution in [1.82, 2.24) is 5.43 Å². The molecule has 0 aromatic heterocycles. The molecule has 39 heavy (non-hydrogen) atoms. The normalized spacial score (nSPS) is 11.6. The van der Waals surface area contributed by atoms with Crippen LogP contribution in [-0.4, -0.2) is 26.6 Å². The first kappa shape index (κ1) is 27.6. The predicted octanol–water partition coefficient (Wildman–Crippen LogP) is 5.94. The molecule has 1 amide bonds. The Balaban J connectivity index is 1.67. The minimum absolute atomic E-state index is 0.0514. The van der Waals surface area contributed by atoms with E-state index < -0.39 is 15.9 Å². The Labute approximate surface area is 229 Å². The van der Waals surface area contributed by atoms with E-state index in [0.717, 1.165) is 22.4 Å². The molecule has 0 spiro atoms. The minimum Gasteiger partial charge on any atom is -0.494 e. The zero-order valence-electron chi connectivity index (χ0n) is 22.2. The molecule has 7 nitrogen and oxygen atoms in total. The van der Waals surface area contributed by atoms with E-state index in [4.69, 9.17) is 4.74 Å². The fraction of sp³-hybridized carbons (Fsp3) is 0.161. The van der Waals surface area contributed by atoms with Gasteiger partial charge in [-0.1, -0.05) is 60.2 Å². The van der Waals surface area contributed by atoms with Crippen LogP contribution in [0.3, 0.4) is 0 Å². The number of sulfonamides is 1. The summed E-state index contributed by atoms with van der Waals surface area (Å²) in [5.74, 6) is 0.230. The highest BCUT2D eigenvalue weighted by Gasteiger charge is 2.28. The topological polar surface area (TPSA) is 88.1 Å². The number of benzene rings is 4. The molecule has 0 aliphatic rings. The van der Waals surface area contributed by atoms with E-state index in [0.29, 0.717) is 12.3 Å². The van der Waals surface area contributed by atoms with Crippen LogP contribution in [-0.2, 0) is 16.6 Å². The van der Waals surface area contributed by atoms with Crippen molar-refractivity contribution >= 4 is 27.3 Å². The fourth-order valence-electron chi connectivity index (χ4n) is 3.99. The molecule has 0 aliphatic heterocycles. The van der Waals surface area contributed by atoms with Crippen molar-refractivity contribution in [3.63, 3.8) is 0 Å². The maximum absolute atomic E-state index is 13.9. The van der Waals surface area contributed by atoms with Crippen molar-refractivity contribution in [1.29, 1.82) is 0 Å². The molecule has 0 unspecified atom stereocenters. The standard InChI is InChI=1S/C31H31N3O4S/c1-4-38-27-18-16-26(17-19-27)24(3)32-33-31(35)29-12-8-9-13-30(29)34(22-25-10-6-5-7-11-25)39(36,37)28-20-14-23(2)15-21-28/h5-21H,4,22H2,1-3H3,(H,33,35)/b32-24-. The van der Waals surface area contributed by atoms with Crippen molar-refractivity contribution in [3.8, 4) is 5.75 Å². The summed E-state index contributed by atoms with van der Waals surface area (Å²) in [5, 5.41) is 4.27. The van der Waals surface area contributed by atoms with Crippen LogP contribution in [0.15, 0.2) is 113 Å². The van der Waals surface area contributed by atoms with Gasteiger partial charge in [0.2, 0.25) is 0 Å². The third-order valence-corrected chi connectivity index (χ3v) is 7.88. The van der Waals surface area contributed by atoms with E-state index in [1.807, 2.05) is 68.4 Å². The molecule has 1 N–H and O–H groups in total. The molecule has 0 heterocycles. The molecule has 4 rings (SSSR count). The number of para-hydroxylation sites is 1. The number of nitrogens with one attached hydrogen (secondary N) is 1. The van der Waals surface area contributed by atoms with E-state index in [-0.39, 0.29) is 22.7 Å². The zero-order chi connectivity index (χ0) is 27.8. The van der Waals surface area contributed by atoms with Crippen molar-refractivity contribution in [2.45, 2.75) is 32.2 Å². The Hall–Kier alpha value is -4.43. The van der Waals surface area contributed by atoms with Crippen molar-refractivity contribution in [2.75, 3.05) is 10.9 Å². The molecule has 0 bridgehead atoms. The van der Waals surface area contributed by atoms with Gasteiger partial charge in [-0.3, -0.25) is 9.10 Å². The number of nitrogens with zero attached hydrogens (tertiary/aromatic N) is 2. The van der Waals surface area contributed by atoms with E-state index >= 15 is 0 Å². The lowest BCUT2D eigenvalue weighted by Crippen LogP contribution is -2.33. The predicted molar refractivity (Wildman–Crippen MR) is 155 cm³/mol. The molecule has 0 aliphatic carbocycles. The van der Waals surface area contributed by atoms with Gasteiger partial charge in [-0.05, 0) is 80.4 Å².